The summed E-state index contributed by atoms with van der Waals surface area (Å²) in [5.41, 5.74) is 1.66. The first-order valence-electron chi connectivity index (χ1n) is 6.62. The molecule has 3 rings (SSSR count). The van der Waals surface area contributed by atoms with Gasteiger partial charge in [0.15, 0.2) is 0 Å². The molecule has 0 unspecified atom stereocenters. The monoisotopic (exact) mass is 260 g/mol. The number of benzene rings is 1. The Bertz CT molecular complexity index is 563. The molecule has 19 heavy (non-hydrogen) atoms. The van der Waals surface area contributed by atoms with Gasteiger partial charge in [-0.2, -0.15) is 0 Å². The Balaban J connectivity index is 1.73. The second-order valence-electron chi connectivity index (χ2n) is 5.16. The van der Waals surface area contributed by atoms with E-state index in [1.807, 2.05) is 25.1 Å². The van der Waals surface area contributed by atoms with Crippen molar-refractivity contribution in [1.82, 2.24) is 10.1 Å². The molecular weight excluding hydrogens is 243 g/mol. The van der Waals surface area contributed by atoms with E-state index in [0.717, 1.165) is 23.6 Å². The first-order chi connectivity index (χ1) is 9.22. The Kier molecular flexibility index (Phi) is 3.34. The minimum atomic E-state index is -0.135. The molecule has 1 heterocycles. The molecular formula is C15H17FN2O. The zero-order chi connectivity index (χ0) is 13.2. The molecule has 0 saturated heterocycles. The Labute approximate surface area is 112 Å². The van der Waals surface area contributed by atoms with Gasteiger partial charge in [0.25, 0.3) is 0 Å². The minimum Gasteiger partial charge on any atom is -0.361 e. The molecule has 4 heteroatoms. The molecule has 100 valence electrons. The molecule has 1 saturated carbocycles. The summed E-state index contributed by atoms with van der Waals surface area (Å²) in [4.78, 5) is 2.27. The zero-order valence-electron chi connectivity index (χ0n) is 11.0. The smallest absolute Gasteiger partial charge is 0.133 e. The van der Waals surface area contributed by atoms with Crippen LogP contribution in [-0.4, -0.2) is 16.1 Å². The van der Waals surface area contributed by atoms with Crippen LogP contribution in [0, 0.1) is 12.7 Å². The summed E-state index contributed by atoms with van der Waals surface area (Å²) in [7, 11) is 0. The maximum atomic E-state index is 13.7. The van der Waals surface area contributed by atoms with Gasteiger partial charge in [0, 0.05) is 30.8 Å². The number of rotatable bonds is 5. The molecule has 0 radical (unpaired) electrons. The predicted molar refractivity (Wildman–Crippen MR) is 69.9 cm³/mol. The standard InChI is InChI=1S/C15H17FN2O/c1-11-8-13(17-19-11)10-18(14-6-7-14)9-12-4-2-3-5-15(12)16/h2-5,8,14H,6-7,9-10H2,1H3. The molecule has 1 fully saturated rings. The number of aryl methyl sites for hydroxylation is 1. The average molecular weight is 260 g/mol. The van der Waals surface area contributed by atoms with Gasteiger partial charge in [0.2, 0.25) is 0 Å². The number of hydrogen-bond acceptors (Lipinski definition) is 3. The van der Waals surface area contributed by atoms with Crippen molar-refractivity contribution in [2.75, 3.05) is 0 Å². The van der Waals surface area contributed by atoms with Crippen LogP contribution in [0.5, 0.6) is 0 Å². The molecule has 0 atom stereocenters. The largest absolute Gasteiger partial charge is 0.361 e. The van der Waals surface area contributed by atoms with Crippen molar-refractivity contribution in [3.63, 3.8) is 0 Å². The van der Waals surface area contributed by atoms with Crippen LogP contribution in [0.15, 0.2) is 34.9 Å². The van der Waals surface area contributed by atoms with Crippen LogP contribution in [-0.2, 0) is 13.1 Å². The summed E-state index contributed by atoms with van der Waals surface area (Å²) in [5, 5.41) is 4.02. The van der Waals surface area contributed by atoms with Crippen molar-refractivity contribution in [3.05, 3.63) is 53.2 Å². The zero-order valence-corrected chi connectivity index (χ0v) is 11.0. The van der Waals surface area contributed by atoms with Gasteiger partial charge in [-0.05, 0) is 25.8 Å². The topological polar surface area (TPSA) is 29.3 Å². The van der Waals surface area contributed by atoms with Gasteiger partial charge in [0.1, 0.15) is 11.6 Å². The maximum Gasteiger partial charge on any atom is 0.133 e. The quantitative estimate of drug-likeness (QED) is 0.826. The summed E-state index contributed by atoms with van der Waals surface area (Å²) >= 11 is 0. The number of halogens is 1. The molecule has 3 nitrogen and oxygen atoms in total. The Morgan fingerprint density at radius 1 is 1.32 bits per heavy atom. The van der Waals surface area contributed by atoms with Gasteiger partial charge in [-0.3, -0.25) is 4.90 Å². The van der Waals surface area contributed by atoms with E-state index < -0.39 is 0 Å². The fraction of sp³-hybridized carbons (Fsp3) is 0.400. The van der Waals surface area contributed by atoms with Crippen molar-refractivity contribution in [3.8, 4) is 0 Å². The molecule has 1 aliphatic carbocycles. The van der Waals surface area contributed by atoms with Crippen LogP contribution in [0.4, 0.5) is 4.39 Å². The van der Waals surface area contributed by atoms with E-state index in [4.69, 9.17) is 4.52 Å². The van der Waals surface area contributed by atoms with Crippen LogP contribution >= 0.6 is 0 Å². The molecule has 1 aromatic heterocycles. The summed E-state index contributed by atoms with van der Waals surface area (Å²) in [6, 6.07) is 9.46. The molecule has 2 aromatic rings. The fourth-order valence-corrected chi connectivity index (χ4v) is 2.30. The predicted octanol–water partition coefficient (Wildman–Crippen LogP) is 3.29. The lowest BCUT2D eigenvalue weighted by molar-refractivity contribution is 0.234. The molecule has 1 aliphatic rings. The van der Waals surface area contributed by atoms with Crippen molar-refractivity contribution >= 4 is 0 Å². The highest BCUT2D eigenvalue weighted by Crippen LogP contribution is 2.30. The average Bonchev–Trinajstić information content (AvgIpc) is 3.16. The van der Waals surface area contributed by atoms with E-state index in [-0.39, 0.29) is 5.82 Å². The number of aromatic nitrogens is 1. The Hall–Kier alpha value is -1.68. The van der Waals surface area contributed by atoms with E-state index in [2.05, 4.69) is 10.1 Å². The minimum absolute atomic E-state index is 0.135. The van der Waals surface area contributed by atoms with Gasteiger partial charge >= 0.3 is 0 Å². The molecule has 0 bridgehead atoms. The van der Waals surface area contributed by atoms with E-state index in [9.17, 15) is 4.39 Å². The Morgan fingerprint density at radius 3 is 2.74 bits per heavy atom. The molecule has 0 amide bonds. The highest BCUT2D eigenvalue weighted by molar-refractivity contribution is 5.18. The third-order valence-corrected chi connectivity index (χ3v) is 3.44. The van der Waals surface area contributed by atoms with E-state index in [1.54, 1.807) is 6.07 Å². The highest BCUT2D eigenvalue weighted by atomic mass is 19.1. The molecule has 1 aromatic carbocycles. The van der Waals surface area contributed by atoms with Crippen molar-refractivity contribution in [2.24, 2.45) is 0 Å². The third kappa shape index (κ3) is 3.01. The van der Waals surface area contributed by atoms with Crippen LogP contribution in [0.2, 0.25) is 0 Å². The lowest BCUT2D eigenvalue weighted by atomic mass is 10.2. The SMILES string of the molecule is Cc1cc(CN(Cc2ccccc2F)C2CC2)no1. The Morgan fingerprint density at radius 2 is 2.11 bits per heavy atom. The van der Waals surface area contributed by atoms with Crippen molar-refractivity contribution in [2.45, 2.75) is 38.9 Å². The fourth-order valence-electron chi connectivity index (χ4n) is 2.30. The summed E-state index contributed by atoms with van der Waals surface area (Å²) < 4.78 is 18.8. The van der Waals surface area contributed by atoms with Gasteiger partial charge in [-0.15, -0.1) is 0 Å². The first-order valence-corrected chi connectivity index (χ1v) is 6.62. The number of nitrogens with zero attached hydrogens (tertiary/aromatic N) is 2. The molecule has 0 spiro atoms. The van der Waals surface area contributed by atoms with Gasteiger partial charge in [0.05, 0.1) is 5.69 Å². The number of hydrogen-bond donors (Lipinski definition) is 0. The third-order valence-electron chi connectivity index (χ3n) is 3.44. The lowest BCUT2D eigenvalue weighted by Crippen LogP contribution is -2.25. The highest BCUT2D eigenvalue weighted by Gasteiger charge is 2.30. The van der Waals surface area contributed by atoms with Crippen LogP contribution in [0.25, 0.3) is 0 Å². The van der Waals surface area contributed by atoms with E-state index in [0.29, 0.717) is 12.6 Å². The van der Waals surface area contributed by atoms with E-state index in [1.165, 1.54) is 18.9 Å². The molecule has 0 N–H and O–H groups in total. The summed E-state index contributed by atoms with van der Waals surface area (Å²) in [5.74, 6) is 0.682. The lowest BCUT2D eigenvalue weighted by Gasteiger charge is -2.20. The normalized spacial score (nSPS) is 15.1. The summed E-state index contributed by atoms with van der Waals surface area (Å²) in [6.07, 6.45) is 2.37. The van der Waals surface area contributed by atoms with Gasteiger partial charge in [-0.1, -0.05) is 23.4 Å². The second-order valence-corrected chi connectivity index (χ2v) is 5.16. The van der Waals surface area contributed by atoms with Crippen molar-refractivity contribution < 1.29 is 8.91 Å². The van der Waals surface area contributed by atoms with Crippen LogP contribution in [0.1, 0.15) is 29.9 Å². The van der Waals surface area contributed by atoms with Crippen LogP contribution in [0.3, 0.4) is 0 Å². The van der Waals surface area contributed by atoms with Crippen molar-refractivity contribution in [1.29, 1.82) is 0 Å². The molecule has 0 aliphatic heterocycles. The van der Waals surface area contributed by atoms with Gasteiger partial charge < -0.3 is 4.52 Å². The first kappa shape index (κ1) is 12.4. The second kappa shape index (κ2) is 5.13. The summed E-state index contributed by atoms with van der Waals surface area (Å²) in [6.45, 7) is 3.23. The van der Waals surface area contributed by atoms with E-state index >= 15 is 0 Å². The van der Waals surface area contributed by atoms with Gasteiger partial charge in [-0.25, -0.2) is 4.39 Å². The van der Waals surface area contributed by atoms with Crippen LogP contribution < -0.4 is 0 Å². The maximum absolute atomic E-state index is 13.7.